The number of nitrogens with zero attached hydrogens (tertiary/aromatic N) is 2. The van der Waals surface area contributed by atoms with Gasteiger partial charge < -0.3 is 15.5 Å². The molecule has 0 saturated carbocycles. The van der Waals surface area contributed by atoms with E-state index in [1.807, 2.05) is 49.4 Å². The average molecular weight is 308 g/mol. The maximum atomic E-state index is 12.5. The summed E-state index contributed by atoms with van der Waals surface area (Å²) >= 11 is 0. The van der Waals surface area contributed by atoms with Crippen LogP contribution in [0.2, 0.25) is 0 Å². The van der Waals surface area contributed by atoms with Crippen molar-refractivity contribution in [2.75, 3.05) is 5.73 Å². The highest BCUT2D eigenvalue weighted by Gasteiger charge is 2.16. The molecule has 0 radical (unpaired) electrons. The Labute approximate surface area is 133 Å². The molecule has 6 nitrogen and oxygen atoms in total. The molecule has 0 bridgehead atoms. The third kappa shape index (κ3) is 3.37. The first-order chi connectivity index (χ1) is 11.1. The van der Waals surface area contributed by atoms with Crippen molar-refractivity contribution in [3.05, 3.63) is 65.7 Å². The first kappa shape index (κ1) is 14.8. The number of hydrogen-bond donors (Lipinski definition) is 2. The van der Waals surface area contributed by atoms with Gasteiger partial charge in [-0.25, -0.2) is 9.97 Å². The Morgan fingerprint density at radius 2 is 2.00 bits per heavy atom. The van der Waals surface area contributed by atoms with E-state index >= 15 is 0 Å². The second-order valence-electron chi connectivity index (χ2n) is 5.05. The molecule has 3 rings (SSSR count). The molecule has 0 aliphatic rings. The maximum Gasteiger partial charge on any atom is 0.255 e. The van der Waals surface area contributed by atoms with Gasteiger partial charge in [0.25, 0.3) is 5.91 Å². The molecule has 6 heteroatoms. The molecule has 0 unspecified atom stereocenters. The molecular formula is C17H16N4O2. The minimum absolute atomic E-state index is 0.127. The number of hydrogen-bond acceptors (Lipinski definition) is 5. The fraction of sp³-hybridized carbons (Fsp3) is 0.118. The summed E-state index contributed by atoms with van der Waals surface area (Å²) in [5.41, 5.74) is 7.34. The van der Waals surface area contributed by atoms with E-state index in [2.05, 4.69) is 15.3 Å². The van der Waals surface area contributed by atoms with Gasteiger partial charge in [0.15, 0.2) is 0 Å². The number of nitrogens with one attached hydrogen (secondary N) is 1. The van der Waals surface area contributed by atoms with Crippen molar-refractivity contribution in [3.8, 4) is 11.3 Å². The summed E-state index contributed by atoms with van der Waals surface area (Å²) in [4.78, 5) is 20.6. The summed E-state index contributed by atoms with van der Waals surface area (Å²) < 4.78 is 5.44. The van der Waals surface area contributed by atoms with Gasteiger partial charge in [0.05, 0.1) is 17.8 Å². The van der Waals surface area contributed by atoms with Crippen molar-refractivity contribution in [1.29, 1.82) is 0 Å². The topological polar surface area (TPSA) is 94.0 Å². The third-order valence-electron chi connectivity index (χ3n) is 3.32. The molecule has 1 amide bonds. The van der Waals surface area contributed by atoms with E-state index < -0.39 is 0 Å². The molecule has 1 aromatic carbocycles. The highest BCUT2D eigenvalue weighted by Crippen LogP contribution is 2.21. The maximum absolute atomic E-state index is 12.5. The number of anilines is 1. The molecule has 3 aromatic rings. The first-order valence-corrected chi connectivity index (χ1v) is 7.15. The highest BCUT2D eigenvalue weighted by molar-refractivity contribution is 5.99. The molecule has 0 aliphatic carbocycles. The van der Waals surface area contributed by atoms with Crippen LogP contribution >= 0.6 is 0 Å². The number of furan rings is 1. The van der Waals surface area contributed by atoms with E-state index in [-0.39, 0.29) is 11.9 Å². The molecule has 23 heavy (non-hydrogen) atoms. The Balaban J connectivity index is 1.85. The smallest absolute Gasteiger partial charge is 0.255 e. The fourth-order valence-corrected chi connectivity index (χ4v) is 2.22. The van der Waals surface area contributed by atoms with E-state index in [0.717, 1.165) is 11.3 Å². The van der Waals surface area contributed by atoms with Crippen LogP contribution in [0.1, 0.15) is 21.9 Å². The second-order valence-corrected chi connectivity index (χ2v) is 5.05. The molecule has 0 saturated heterocycles. The van der Waals surface area contributed by atoms with Crippen molar-refractivity contribution in [2.45, 2.75) is 13.5 Å². The molecule has 0 spiro atoms. The number of nitrogens with two attached hydrogens (primary N) is 1. The van der Waals surface area contributed by atoms with Crippen LogP contribution in [0.15, 0.2) is 53.1 Å². The summed E-state index contributed by atoms with van der Waals surface area (Å²) in [6.07, 6.45) is 1.44. The van der Waals surface area contributed by atoms with Crippen LogP contribution in [-0.2, 0) is 6.54 Å². The zero-order valence-corrected chi connectivity index (χ0v) is 12.6. The largest absolute Gasteiger partial charge is 0.465 e. The molecule has 0 atom stereocenters. The number of rotatable bonds is 4. The Morgan fingerprint density at radius 3 is 2.70 bits per heavy atom. The van der Waals surface area contributed by atoms with Gasteiger partial charge in [-0.3, -0.25) is 4.79 Å². The van der Waals surface area contributed by atoms with Gasteiger partial charge >= 0.3 is 0 Å². The first-order valence-electron chi connectivity index (χ1n) is 7.15. The molecule has 2 heterocycles. The molecule has 2 aromatic heterocycles. The highest BCUT2D eigenvalue weighted by atomic mass is 16.3. The lowest BCUT2D eigenvalue weighted by Crippen LogP contribution is -2.24. The van der Waals surface area contributed by atoms with Crippen molar-refractivity contribution in [1.82, 2.24) is 15.3 Å². The van der Waals surface area contributed by atoms with Crippen LogP contribution in [-0.4, -0.2) is 15.9 Å². The van der Waals surface area contributed by atoms with Gasteiger partial charge in [0.2, 0.25) is 5.95 Å². The standard InChI is InChI=1S/C17H16N4O2/c1-11-7-8-13(23-11)9-19-16(22)14-10-20-17(18)21-15(14)12-5-3-2-4-6-12/h2-8,10H,9H2,1H3,(H,19,22)(H2,18,20,21). The van der Waals surface area contributed by atoms with E-state index in [4.69, 9.17) is 10.2 Å². The Bertz CT molecular complexity index is 828. The monoisotopic (exact) mass is 308 g/mol. The van der Waals surface area contributed by atoms with Gasteiger partial charge in [0.1, 0.15) is 11.5 Å². The lowest BCUT2D eigenvalue weighted by atomic mass is 10.1. The minimum atomic E-state index is -0.280. The number of amides is 1. The number of carbonyl (C=O) groups is 1. The normalized spacial score (nSPS) is 10.5. The minimum Gasteiger partial charge on any atom is -0.465 e. The van der Waals surface area contributed by atoms with E-state index in [1.54, 1.807) is 0 Å². The average Bonchev–Trinajstić information content (AvgIpc) is 2.99. The summed E-state index contributed by atoms with van der Waals surface area (Å²) in [6.45, 7) is 2.15. The van der Waals surface area contributed by atoms with E-state index in [1.165, 1.54) is 6.20 Å². The number of carbonyl (C=O) groups excluding carboxylic acids is 1. The van der Waals surface area contributed by atoms with Crippen LogP contribution < -0.4 is 11.1 Å². The Hall–Kier alpha value is -3.15. The number of aromatic nitrogens is 2. The SMILES string of the molecule is Cc1ccc(CNC(=O)c2cnc(N)nc2-c2ccccc2)o1. The summed E-state index contributed by atoms with van der Waals surface area (Å²) in [5.74, 6) is 1.34. The van der Waals surface area contributed by atoms with Crippen molar-refractivity contribution < 1.29 is 9.21 Å². The number of benzene rings is 1. The molecule has 3 N–H and O–H groups in total. The van der Waals surface area contributed by atoms with Gasteiger partial charge in [-0.15, -0.1) is 0 Å². The second kappa shape index (κ2) is 6.31. The number of aryl methyl sites for hydroxylation is 1. The van der Waals surface area contributed by atoms with Gasteiger partial charge in [-0.05, 0) is 19.1 Å². The van der Waals surface area contributed by atoms with Gasteiger partial charge in [-0.2, -0.15) is 0 Å². The zero-order valence-electron chi connectivity index (χ0n) is 12.6. The van der Waals surface area contributed by atoms with Crippen molar-refractivity contribution in [2.24, 2.45) is 0 Å². The Morgan fingerprint density at radius 1 is 1.22 bits per heavy atom. The predicted octanol–water partition coefficient (Wildman–Crippen LogP) is 2.56. The summed E-state index contributed by atoms with van der Waals surface area (Å²) in [5, 5.41) is 2.80. The molecule has 0 fully saturated rings. The van der Waals surface area contributed by atoms with Crippen LogP contribution in [0.25, 0.3) is 11.3 Å². The van der Waals surface area contributed by atoms with Gasteiger partial charge in [-0.1, -0.05) is 30.3 Å². The van der Waals surface area contributed by atoms with Crippen molar-refractivity contribution in [3.63, 3.8) is 0 Å². The van der Waals surface area contributed by atoms with Crippen LogP contribution in [0.3, 0.4) is 0 Å². The van der Waals surface area contributed by atoms with E-state index in [9.17, 15) is 4.79 Å². The fourth-order valence-electron chi connectivity index (χ4n) is 2.22. The van der Waals surface area contributed by atoms with Gasteiger partial charge in [0, 0.05) is 11.8 Å². The lowest BCUT2D eigenvalue weighted by molar-refractivity contribution is 0.0948. The summed E-state index contributed by atoms with van der Waals surface area (Å²) in [7, 11) is 0. The zero-order chi connectivity index (χ0) is 16.2. The summed E-state index contributed by atoms with van der Waals surface area (Å²) in [6, 6.07) is 13.1. The quantitative estimate of drug-likeness (QED) is 0.772. The lowest BCUT2D eigenvalue weighted by Gasteiger charge is -2.09. The van der Waals surface area contributed by atoms with Crippen LogP contribution in [0.5, 0.6) is 0 Å². The predicted molar refractivity (Wildman–Crippen MR) is 86.5 cm³/mol. The molecule has 116 valence electrons. The molecule has 0 aliphatic heterocycles. The third-order valence-corrected chi connectivity index (χ3v) is 3.32. The molecular weight excluding hydrogens is 292 g/mol. The van der Waals surface area contributed by atoms with Crippen LogP contribution in [0, 0.1) is 6.92 Å². The van der Waals surface area contributed by atoms with Crippen LogP contribution in [0.4, 0.5) is 5.95 Å². The van der Waals surface area contributed by atoms with Crippen molar-refractivity contribution >= 4 is 11.9 Å². The van der Waals surface area contributed by atoms with E-state index in [0.29, 0.717) is 23.6 Å². The Kier molecular flexibility index (Phi) is 4.05. The number of nitrogen functional groups attached to an aromatic ring is 1.